The second-order valence-corrected chi connectivity index (χ2v) is 6.13. The van der Waals surface area contributed by atoms with Gasteiger partial charge in [-0.15, -0.1) is 0 Å². The van der Waals surface area contributed by atoms with Crippen LogP contribution >= 0.6 is 0 Å². The Kier molecular flexibility index (Phi) is 4.18. The number of benzene rings is 1. The molecule has 0 saturated carbocycles. The van der Waals surface area contributed by atoms with Gasteiger partial charge < -0.3 is 15.8 Å². The second-order valence-electron chi connectivity index (χ2n) is 6.13. The van der Waals surface area contributed by atoms with E-state index in [0.717, 1.165) is 19.5 Å². The number of rotatable bonds is 4. The van der Waals surface area contributed by atoms with E-state index in [2.05, 4.69) is 24.1 Å². The summed E-state index contributed by atoms with van der Waals surface area (Å²) in [6, 6.07) is 5.21. The third kappa shape index (κ3) is 3.63. The Labute approximate surface area is 120 Å². The van der Waals surface area contributed by atoms with Crippen LogP contribution in [0.15, 0.2) is 18.2 Å². The van der Waals surface area contributed by atoms with Crippen LogP contribution in [-0.2, 0) is 4.79 Å². The van der Waals surface area contributed by atoms with Gasteiger partial charge >= 0.3 is 0 Å². The molecular weight excluding hydrogens is 254 g/mol. The number of ether oxygens (including phenoxy) is 1. The Morgan fingerprint density at radius 3 is 2.85 bits per heavy atom. The molecule has 3 N–H and O–H groups in total. The highest BCUT2D eigenvalue weighted by molar-refractivity contribution is 5.94. The summed E-state index contributed by atoms with van der Waals surface area (Å²) in [5.41, 5.74) is 7.26. The molecule has 5 nitrogen and oxygen atoms in total. The zero-order valence-corrected chi connectivity index (χ0v) is 12.4. The van der Waals surface area contributed by atoms with Crippen molar-refractivity contribution in [3.8, 4) is 5.75 Å². The predicted octanol–water partition coefficient (Wildman–Crippen LogP) is 1.95. The second kappa shape index (κ2) is 5.71. The van der Waals surface area contributed by atoms with Crippen molar-refractivity contribution in [2.75, 3.05) is 37.8 Å². The highest BCUT2D eigenvalue weighted by atomic mass is 16.5. The number of amides is 1. The summed E-state index contributed by atoms with van der Waals surface area (Å²) in [6.45, 7) is 6.78. The first kappa shape index (κ1) is 14.7. The molecule has 1 aromatic rings. The molecule has 0 bridgehead atoms. The van der Waals surface area contributed by atoms with E-state index in [0.29, 0.717) is 29.1 Å². The van der Waals surface area contributed by atoms with Gasteiger partial charge in [-0.25, -0.2) is 0 Å². The lowest BCUT2D eigenvalue weighted by molar-refractivity contribution is -0.117. The quantitative estimate of drug-likeness (QED) is 0.825. The normalized spacial score (nSPS) is 17.9. The predicted molar refractivity (Wildman–Crippen MR) is 80.9 cm³/mol. The number of anilines is 2. The molecule has 1 fully saturated rings. The lowest BCUT2D eigenvalue weighted by atomic mass is 9.93. The van der Waals surface area contributed by atoms with Gasteiger partial charge in [0.15, 0.2) is 0 Å². The average Bonchev–Trinajstić information content (AvgIpc) is 2.68. The van der Waals surface area contributed by atoms with Gasteiger partial charge in [0.2, 0.25) is 5.91 Å². The van der Waals surface area contributed by atoms with E-state index in [-0.39, 0.29) is 5.91 Å². The molecule has 0 radical (unpaired) electrons. The maximum absolute atomic E-state index is 12.1. The monoisotopic (exact) mass is 277 g/mol. The SMILES string of the molecule is COc1ccc(N)cc1NC(=O)CN1CCC(C)(C)C1. The smallest absolute Gasteiger partial charge is 0.238 e. The first-order valence-corrected chi connectivity index (χ1v) is 6.85. The average molecular weight is 277 g/mol. The number of nitrogen functional groups attached to an aromatic ring is 1. The number of nitrogens with two attached hydrogens (primary N) is 1. The summed E-state index contributed by atoms with van der Waals surface area (Å²) < 4.78 is 5.22. The molecule has 0 aliphatic carbocycles. The van der Waals surface area contributed by atoms with Gasteiger partial charge in [-0.3, -0.25) is 9.69 Å². The summed E-state index contributed by atoms with van der Waals surface area (Å²) in [7, 11) is 1.57. The van der Waals surface area contributed by atoms with E-state index in [9.17, 15) is 4.79 Å². The van der Waals surface area contributed by atoms with Crippen molar-refractivity contribution in [3.05, 3.63) is 18.2 Å². The van der Waals surface area contributed by atoms with Gasteiger partial charge in [0, 0.05) is 12.2 Å². The number of nitrogens with one attached hydrogen (secondary N) is 1. The van der Waals surface area contributed by atoms with Crippen molar-refractivity contribution in [2.45, 2.75) is 20.3 Å². The third-order valence-electron chi connectivity index (χ3n) is 3.62. The van der Waals surface area contributed by atoms with E-state index in [4.69, 9.17) is 10.5 Å². The number of likely N-dealkylation sites (tertiary alicyclic amines) is 1. The maximum Gasteiger partial charge on any atom is 0.238 e. The van der Waals surface area contributed by atoms with Crippen molar-refractivity contribution in [1.82, 2.24) is 4.90 Å². The Bertz CT molecular complexity index is 500. The molecule has 110 valence electrons. The maximum atomic E-state index is 12.1. The molecule has 1 amide bonds. The summed E-state index contributed by atoms with van der Waals surface area (Å²) in [6.07, 6.45) is 1.13. The molecule has 2 rings (SSSR count). The molecule has 1 aromatic carbocycles. The minimum Gasteiger partial charge on any atom is -0.495 e. The zero-order chi connectivity index (χ0) is 14.8. The molecule has 0 aromatic heterocycles. The first-order valence-electron chi connectivity index (χ1n) is 6.85. The molecule has 0 atom stereocenters. The van der Waals surface area contributed by atoms with Gasteiger partial charge in [0.1, 0.15) is 5.75 Å². The molecule has 1 aliphatic rings. The van der Waals surface area contributed by atoms with Crippen LogP contribution in [0.2, 0.25) is 0 Å². The Balaban J connectivity index is 1.97. The van der Waals surface area contributed by atoms with E-state index in [1.165, 1.54) is 0 Å². The van der Waals surface area contributed by atoms with Crippen molar-refractivity contribution >= 4 is 17.3 Å². The van der Waals surface area contributed by atoms with Crippen LogP contribution in [0, 0.1) is 5.41 Å². The lowest BCUT2D eigenvalue weighted by Crippen LogP contribution is -2.32. The fourth-order valence-corrected chi connectivity index (χ4v) is 2.58. The number of carbonyl (C=O) groups excluding carboxylic acids is 1. The number of methoxy groups -OCH3 is 1. The fourth-order valence-electron chi connectivity index (χ4n) is 2.58. The zero-order valence-electron chi connectivity index (χ0n) is 12.4. The molecule has 1 aliphatic heterocycles. The van der Waals surface area contributed by atoms with Crippen molar-refractivity contribution < 1.29 is 9.53 Å². The Hall–Kier alpha value is -1.75. The van der Waals surface area contributed by atoms with Gasteiger partial charge in [-0.1, -0.05) is 13.8 Å². The molecule has 0 spiro atoms. The Morgan fingerprint density at radius 2 is 2.25 bits per heavy atom. The van der Waals surface area contributed by atoms with Crippen LogP contribution in [0.1, 0.15) is 20.3 Å². The molecule has 1 heterocycles. The van der Waals surface area contributed by atoms with Crippen molar-refractivity contribution in [3.63, 3.8) is 0 Å². The van der Waals surface area contributed by atoms with Crippen molar-refractivity contribution in [1.29, 1.82) is 0 Å². The van der Waals surface area contributed by atoms with Gasteiger partial charge in [-0.05, 0) is 36.6 Å². The van der Waals surface area contributed by atoms with Gasteiger partial charge in [0.05, 0.1) is 19.3 Å². The lowest BCUT2D eigenvalue weighted by Gasteiger charge is -2.19. The molecule has 20 heavy (non-hydrogen) atoms. The largest absolute Gasteiger partial charge is 0.495 e. The number of hydrogen-bond donors (Lipinski definition) is 2. The summed E-state index contributed by atoms with van der Waals surface area (Å²) >= 11 is 0. The Morgan fingerprint density at radius 1 is 1.50 bits per heavy atom. The summed E-state index contributed by atoms with van der Waals surface area (Å²) in [4.78, 5) is 14.3. The number of carbonyl (C=O) groups is 1. The minimum atomic E-state index is -0.0356. The topological polar surface area (TPSA) is 67.6 Å². The number of nitrogens with zero attached hydrogens (tertiary/aromatic N) is 1. The van der Waals surface area contributed by atoms with Crippen LogP contribution in [0.25, 0.3) is 0 Å². The summed E-state index contributed by atoms with van der Waals surface area (Å²) in [5.74, 6) is 0.584. The molecule has 0 unspecified atom stereocenters. The standard InChI is InChI=1S/C15H23N3O2/c1-15(2)6-7-18(10-15)9-14(19)17-12-8-11(16)4-5-13(12)20-3/h4-5,8H,6-7,9-10,16H2,1-3H3,(H,17,19). The molecular formula is C15H23N3O2. The number of hydrogen-bond acceptors (Lipinski definition) is 4. The highest BCUT2D eigenvalue weighted by Gasteiger charge is 2.30. The van der Waals surface area contributed by atoms with Crippen LogP contribution < -0.4 is 15.8 Å². The van der Waals surface area contributed by atoms with Gasteiger partial charge in [-0.2, -0.15) is 0 Å². The minimum absolute atomic E-state index is 0.0356. The third-order valence-corrected chi connectivity index (χ3v) is 3.62. The van der Waals surface area contributed by atoms with E-state index in [1.807, 2.05) is 0 Å². The highest BCUT2D eigenvalue weighted by Crippen LogP contribution is 2.29. The first-order chi connectivity index (χ1) is 9.39. The van der Waals surface area contributed by atoms with E-state index >= 15 is 0 Å². The van der Waals surface area contributed by atoms with Crippen LogP contribution in [0.5, 0.6) is 5.75 Å². The van der Waals surface area contributed by atoms with Crippen molar-refractivity contribution in [2.24, 2.45) is 5.41 Å². The van der Waals surface area contributed by atoms with Crippen LogP contribution in [0.3, 0.4) is 0 Å². The van der Waals surface area contributed by atoms with Gasteiger partial charge in [0.25, 0.3) is 0 Å². The van der Waals surface area contributed by atoms with Crippen LogP contribution in [0.4, 0.5) is 11.4 Å². The van der Waals surface area contributed by atoms with E-state index in [1.54, 1.807) is 25.3 Å². The molecule has 5 heteroatoms. The fraction of sp³-hybridized carbons (Fsp3) is 0.533. The van der Waals surface area contributed by atoms with E-state index < -0.39 is 0 Å². The van der Waals surface area contributed by atoms with Crippen LogP contribution in [-0.4, -0.2) is 37.6 Å². The molecule has 1 saturated heterocycles. The summed E-state index contributed by atoms with van der Waals surface area (Å²) in [5, 5.41) is 2.87.